The number of aliphatic hydroxyl groups is 1. The van der Waals surface area contributed by atoms with Gasteiger partial charge in [-0.2, -0.15) is 0 Å². The van der Waals surface area contributed by atoms with Gasteiger partial charge in [-0.25, -0.2) is 0 Å². The van der Waals surface area contributed by atoms with Gasteiger partial charge < -0.3 is 24.1 Å². The number of ether oxygens (including phenoxy) is 4. The molecular weight excluding hydrogens is 380 g/mol. The highest BCUT2D eigenvalue weighted by molar-refractivity contribution is 5.14. The largest absolute Gasteiger partial charge is 0.392 e. The fraction of sp³-hybridized carbons (Fsp3) is 0.520. The van der Waals surface area contributed by atoms with Crippen LogP contribution >= 0.6 is 0 Å². The van der Waals surface area contributed by atoms with E-state index in [1.54, 1.807) is 0 Å². The molecular formula is C25H34O5. The molecule has 5 nitrogen and oxygen atoms in total. The zero-order chi connectivity index (χ0) is 21.2. The molecule has 1 aliphatic rings. The van der Waals surface area contributed by atoms with Gasteiger partial charge in [-0.3, -0.25) is 0 Å². The summed E-state index contributed by atoms with van der Waals surface area (Å²) in [7, 11) is 0. The molecule has 0 radical (unpaired) electrons. The van der Waals surface area contributed by atoms with Crippen LogP contribution in [-0.4, -0.2) is 43.9 Å². The van der Waals surface area contributed by atoms with Crippen LogP contribution in [0, 0.1) is 17.8 Å². The molecule has 0 aliphatic heterocycles. The van der Waals surface area contributed by atoms with Gasteiger partial charge in [0.2, 0.25) is 0 Å². The first-order valence-corrected chi connectivity index (χ1v) is 10.9. The minimum Gasteiger partial charge on any atom is -0.392 e. The molecule has 164 valence electrons. The summed E-state index contributed by atoms with van der Waals surface area (Å²) >= 11 is 0. The lowest BCUT2D eigenvalue weighted by molar-refractivity contribution is -0.264. The summed E-state index contributed by atoms with van der Waals surface area (Å²) < 4.78 is 23.6. The minimum absolute atomic E-state index is 0.00195. The molecule has 0 saturated heterocycles. The van der Waals surface area contributed by atoms with Crippen LogP contribution in [0.1, 0.15) is 25.0 Å². The number of hydrogen-bond donors (Lipinski definition) is 1. The highest BCUT2D eigenvalue weighted by Gasteiger charge is 2.54. The van der Waals surface area contributed by atoms with E-state index in [0.717, 1.165) is 11.1 Å². The Kier molecular flexibility index (Phi) is 9.30. The summed E-state index contributed by atoms with van der Waals surface area (Å²) in [6.07, 6.45) is -0.958. The predicted octanol–water partition coefficient (Wildman–Crippen LogP) is 4.04. The van der Waals surface area contributed by atoms with Crippen molar-refractivity contribution in [3.63, 3.8) is 0 Å². The lowest BCUT2D eigenvalue weighted by Crippen LogP contribution is -2.60. The first-order chi connectivity index (χ1) is 14.7. The standard InChI is InChI=1S/C25H34O5/c1-3-29-25(30-4-2)23-21(17-27-15-19-11-7-5-8-12-19)22(24(23)26)18-28-16-20-13-9-6-10-14-20/h5-14,21-26H,3-4,15-18H2,1-2H3/t21-,22-,23?,24-/m1/s1. The molecule has 1 fully saturated rings. The molecule has 4 atom stereocenters. The van der Waals surface area contributed by atoms with Crippen LogP contribution in [0.15, 0.2) is 60.7 Å². The number of benzene rings is 2. The van der Waals surface area contributed by atoms with E-state index in [9.17, 15) is 5.11 Å². The molecule has 0 spiro atoms. The third kappa shape index (κ3) is 6.13. The molecule has 3 rings (SSSR count). The Hall–Kier alpha value is -1.76. The summed E-state index contributed by atoms with van der Waals surface area (Å²) in [4.78, 5) is 0. The lowest BCUT2D eigenvalue weighted by atomic mass is 9.62. The minimum atomic E-state index is -0.533. The molecule has 2 aromatic rings. The Balaban J connectivity index is 1.58. The summed E-state index contributed by atoms with van der Waals surface area (Å²) in [6.45, 7) is 7.07. The second kappa shape index (κ2) is 12.2. The van der Waals surface area contributed by atoms with Crippen molar-refractivity contribution in [1.82, 2.24) is 0 Å². The maximum Gasteiger partial charge on any atom is 0.163 e. The monoisotopic (exact) mass is 414 g/mol. The fourth-order valence-corrected chi connectivity index (χ4v) is 4.12. The van der Waals surface area contributed by atoms with Crippen molar-refractivity contribution < 1.29 is 24.1 Å². The average molecular weight is 415 g/mol. The summed E-state index contributed by atoms with van der Waals surface area (Å²) in [6, 6.07) is 20.2. The second-order valence-electron chi connectivity index (χ2n) is 7.68. The van der Waals surface area contributed by atoms with E-state index in [1.165, 1.54) is 0 Å². The molecule has 0 bridgehead atoms. The third-order valence-corrected chi connectivity index (χ3v) is 5.70. The maximum atomic E-state index is 10.9. The Labute approximate surface area is 179 Å². The SMILES string of the molecule is CCOC(OCC)C1[C@H](O)[C@H](COCc2ccccc2)[C@H]1COCc1ccccc1. The fourth-order valence-electron chi connectivity index (χ4n) is 4.12. The molecule has 1 saturated carbocycles. The van der Waals surface area contributed by atoms with Gasteiger partial charge in [-0.15, -0.1) is 0 Å². The van der Waals surface area contributed by atoms with Gasteiger partial charge in [0.05, 0.1) is 32.5 Å². The van der Waals surface area contributed by atoms with Crippen molar-refractivity contribution in [2.24, 2.45) is 17.8 Å². The highest BCUT2D eigenvalue weighted by atomic mass is 16.7. The van der Waals surface area contributed by atoms with E-state index in [1.807, 2.05) is 62.4 Å². The maximum absolute atomic E-state index is 10.9. The van der Waals surface area contributed by atoms with Gasteiger partial charge in [0.1, 0.15) is 0 Å². The Morgan fingerprint density at radius 3 is 1.67 bits per heavy atom. The van der Waals surface area contributed by atoms with Crippen LogP contribution in [0.5, 0.6) is 0 Å². The van der Waals surface area contributed by atoms with Crippen molar-refractivity contribution in [2.45, 2.75) is 39.5 Å². The van der Waals surface area contributed by atoms with Crippen molar-refractivity contribution in [2.75, 3.05) is 26.4 Å². The van der Waals surface area contributed by atoms with Crippen LogP contribution in [0.3, 0.4) is 0 Å². The number of aliphatic hydroxyl groups excluding tert-OH is 1. The number of hydrogen-bond acceptors (Lipinski definition) is 5. The summed E-state index contributed by atoms with van der Waals surface area (Å²) in [5.74, 6) is -0.00789. The van der Waals surface area contributed by atoms with Crippen LogP contribution in [-0.2, 0) is 32.2 Å². The van der Waals surface area contributed by atoms with E-state index >= 15 is 0 Å². The van der Waals surface area contributed by atoms with Crippen LogP contribution in [0.4, 0.5) is 0 Å². The molecule has 1 aliphatic carbocycles. The van der Waals surface area contributed by atoms with E-state index < -0.39 is 12.4 Å². The quantitative estimate of drug-likeness (QED) is 0.501. The van der Waals surface area contributed by atoms with Gasteiger partial charge in [-0.1, -0.05) is 60.7 Å². The topological polar surface area (TPSA) is 57.2 Å². The molecule has 30 heavy (non-hydrogen) atoms. The van der Waals surface area contributed by atoms with Crippen molar-refractivity contribution in [1.29, 1.82) is 0 Å². The van der Waals surface area contributed by atoms with Crippen molar-refractivity contribution in [3.8, 4) is 0 Å². The third-order valence-electron chi connectivity index (χ3n) is 5.70. The molecule has 1 N–H and O–H groups in total. The lowest BCUT2D eigenvalue weighted by Gasteiger charge is -2.51. The Morgan fingerprint density at radius 1 is 0.733 bits per heavy atom. The van der Waals surface area contributed by atoms with E-state index in [-0.39, 0.29) is 17.8 Å². The van der Waals surface area contributed by atoms with E-state index in [4.69, 9.17) is 18.9 Å². The first kappa shape index (κ1) is 22.9. The smallest absolute Gasteiger partial charge is 0.163 e. The molecule has 1 unspecified atom stereocenters. The van der Waals surface area contributed by atoms with Crippen LogP contribution < -0.4 is 0 Å². The van der Waals surface area contributed by atoms with Gasteiger partial charge in [-0.05, 0) is 30.9 Å². The van der Waals surface area contributed by atoms with Gasteiger partial charge in [0.25, 0.3) is 0 Å². The molecule has 0 aromatic heterocycles. The van der Waals surface area contributed by atoms with E-state index in [2.05, 4.69) is 12.1 Å². The van der Waals surface area contributed by atoms with Gasteiger partial charge in [0, 0.05) is 25.0 Å². The number of rotatable bonds is 13. The molecule has 0 amide bonds. The molecule has 0 heterocycles. The van der Waals surface area contributed by atoms with Crippen molar-refractivity contribution >= 4 is 0 Å². The average Bonchev–Trinajstić information content (AvgIpc) is 2.78. The van der Waals surface area contributed by atoms with Crippen LogP contribution in [0.2, 0.25) is 0 Å². The van der Waals surface area contributed by atoms with Gasteiger partial charge in [0.15, 0.2) is 6.29 Å². The first-order valence-electron chi connectivity index (χ1n) is 10.9. The zero-order valence-corrected chi connectivity index (χ0v) is 18.0. The second-order valence-corrected chi connectivity index (χ2v) is 7.68. The Morgan fingerprint density at radius 2 is 1.20 bits per heavy atom. The highest BCUT2D eigenvalue weighted by Crippen LogP contribution is 2.44. The zero-order valence-electron chi connectivity index (χ0n) is 18.0. The van der Waals surface area contributed by atoms with E-state index in [0.29, 0.717) is 39.6 Å². The summed E-state index contributed by atoms with van der Waals surface area (Å²) in [5.41, 5.74) is 2.26. The molecule has 2 aromatic carbocycles. The Bertz CT molecular complexity index is 702. The van der Waals surface area contributed by atoms with Crippen LogP contribution in [0.25, 0.3) is 0 Å². The summed E-state index contributed by atoms with van der Waals surface area (Å²) in [5, 5.41) is 10.9. The normalized spacial score (nSPS) is 23.5. The predicted molar refractivity (Wildman–Crippen MR) is 116 cm³/mol. The molecule has 5 heteroatoms. The van der Waals surface area contributed by atoms with Gasteiger partial charge >= 0.3 is 0 Å². The van der Waals surface area contributed by atoms with Crippen molar-refractivity contribution in [3.05, 3.63) is 71.8 Å².